The van der Waals surface area contributed by atoms with Gasteiger partial charge in [0.1, 0.15) is 6.10 Å². The molecule has 1 aromatic carbocycles. The summed E-state index contributed by atoms with van der Waals surface area (Å²) in [5.74, 6) is -0.152. The molecule has 18 heavy (non-hydrogen) atoms. The summed E-state index contributed by atoms with van der Waals surface area (Å²) in [4.78, 5) is 11.6. The van der Waals surface area contributed by atoms with Gasteiger partial charge in [0.25, 0.3) is 0 Å². The van der Waals surface area contributed by atoms with Crippen molar-refractivity contribution in [1.29, 1.82) is 5.26 Å². The summed E-state index contributed by atoms with van der Waals surface area (Å²) in [5.41, 5.74) is 1.53. The normalized spacial score (nSPS) is 11.6. The lowest BCUT2D eigenvalue weighted by Crippen LogP contribution is -2.08. The van der Waals surface area contributed by atoms with Crippen molar-refractivity contribution in [1.82, 2.24) is 0 Å². The Morgan fingerprint density at radius 2 is 2.00 bits per heavy atom. The summed E-state index contributed by atoms with van der Waals surface area (Å²) < 4.78 is 5.33. The molecule has 0 spiro atoms. The molecule has 0 unspecified atom stereocenters. The molecule has 0 bridgehead atoms. The maximum Gasteiger partial charge on any atom is 0.306 e. The highest BCUT2D eigenvalue weighted by molar-refractivity contribution is 5.69. The van der Waals surface area contributed by atoms with Crippen molar-refractivity contribution < 1.29 is 9.53 Å². The number of carbonyl (C=O) groups excluding carboxylic acids is 1. The van der Waals surface area contributed by atoms with E-state index < -0.39 is 0 Å². The van der Waals surface area contributed by atoms with E-state index in [0.717, 1.165) is 24.8 Å². The predicted octanol–water partition coefficient (Wildman–Crippen LogP) is 3.74. The molecule has 1 aromatic rings. The second-order valence-electron chi connectivity index (χ2n) is 4.32. The first-order chi connectivity index (χ1) is 8.67. The minimum absolute atomic E-state index is 0.152. The quantitative estimate of drug-likeness (QED) is 0.566. The Labute approximate surface area is 108 Å². The van der Waals surface area contributed by atoms with Crippen LogP contribution in [0.4, 0.5) is 0 Å². The van der Waals surface area contributed by atoms with Gasteiger partial charge >= 0.3 is 5.97 Å². The number of hydrogen-bond donors (Lipinski definition) is 0. The maximum absolute atomic E-state index is 11.6. The average Bonchev–Trinajstić information content (AvgIpc) is 2.39. The van der Waals surface area contributed by atoms with E-state index in [1.807, 2.05) is 19.1 Å². The van der Waals surface area contributed by atoms with Crippen LogP contribution in [0, 0.1) is 11.3 Å². The molecule has 0 saturated heterocycles. The van der Waals surface area contributed by atoms with E-state index >= 15 is 0 Å². The molecule has 0 aliphatic rings. The highest BCUT2D eigenvalue weighted by atomic mass is 16.5. The van der Waals surface area contributed by atoms with Crippen molar-refractivity contribution in [3.63, 3.8) is 0 Å². The molecule has 0 saturated carbocycles. The smallest absolute Gasteiger partial charge is 0.306 e. The Hall–Kier alpha value is -1.82. The number of nitrogens with zero attached hydrogens (tertiary/aromatic N) is 1. The van der Waals surface area contributed by atoms with E-state index in [-0.39, 0.29) is 12.1 Å². The maximum atomic E-state index is 11.6. The van der Waals surface area contributed by atoms with Gasteiger partial charge in [-0.15, -0.1) is 0 Å². The number of benzene rings is 1. The van der Waals surface area contributed by atoms with Gasteiger partial charge in [-0.1, -0.05) is 31.9 Å². The lowest BCUT2D eigenvalue weighted by atomic mass is 10.1. The molecule has 96 valence electrons. The standard InChI is InChI=1S/C15H19NO2/c1-3-4-5-6-15(17)18-12(2)14-9-7-13(11-16)8-10-14/h7-10,12H,3-6H2,1-2H3/t12-/m1/s1. The fourth-order valence-corrected chi connectivity index (χ4v) is 1.67. The van der Waals surface area contributed by atoms with E-state index in [2.05, 4.69) is 13.0 Å². The topological polar surface area (TPSA) is 50.1 Å². The molecule has 0 aliphatic carbocycles. The first-order valence-corrected chi connectivity index (χ1v) is 6.37. The zero-order chi connectivity index (χ0) is 13.4. The van der Waals surface area contributed by atoms with Crippen molar-refractivity contribution in [2.45, 2.75) is 45.6 Å². The minimum atomic E-state index is -0.258. The summed E-state index contributed by atoms with van der Waals surface area (Å²) >= 11 is 0. The SMILES string of the molecule is CCCCCC(=O)O[C@H](C)c1ccc(C#N)cc1. The summed E-state index contributed by atoms with van der Waals surface area (Å²) in [6.45, 7) is 3.95. The lowest BCUT2D eigenvalue weighted by Gasteiger charge is -2.13. The van der Waals surface area contributed by atoms with Crippen LogP contribution in [0.15, 0.2) is 24.3 Å². The fraction of sp³-hybridized carbons (Fsp3) is 0.467. The summed E-state index contributed by atoms with van der Waals surface area (Å²) in [5, 5.41) is 8.70. The molecule has 0 heterocycles. The van der Waals surface area contributed by atoms with Crippen molar-refractivity contribution >= 4 is 5.97 Å². The van der Waals surface area contributed by atoms with Crippen molar-refractivity contribution in [3.8, 4) is 6.07 Å². The number of rotatable bonds is 6. The summed E-state index contributed by atoms with van der Waals surface area (Å²) in [7, 11) is 0. The molecule has 1 rings (SSSR count). The van der Waals surface area contributed by atoms with Crippen LogP contribution in [-0.4, -0.2) is 5.97 Å². The Bertz CT molecular complexity index is 417. The Morgan fingerprint density at radius 1 is 1.33 bits per heavy atom. The Balaban J connectivity index is 2.46. The zero-order valence-electron chi connectivity index (χ0n) is 11.0. The van der Waals surface area contributed by atoms with Crippen LogP contribution in [0.1, 0.15) is 56.8 Å². The molecule has 3 nitrogen and oxygen atoms in total. The zero-order valence-corrected chi connectivity index (χ0v) is 11.0. The highest BCUT2D eigenvalue weighted by Gasteiger charge is 2.11. The van der Waals surface area contributed by atoms with E-state index in [4.69, 9.17) is 10.00 Å². The van der Waals surface area contributed by atoms with E-state index in [1.54, 1.807) is 12.1 Å². The summed E-state index contributed by atoms with van der Waals surface area (Å²) in [6.07, 6.45) is 3.26. The van der Waals surface area contributed by atoms with Gasteiger partial charge in [-0.25, -0.2) is 0 Å². The van der Waals surface area contributed by atoms with Crippen molar-refractivity contribution in [2.24, 2.45) is 0 Å². The highest BCUT2D eigenvalue weighted by Crippen LogP contribution is 2.18. The molecule has 0 amide bonds. The van der Waals surface area contributed by atoms with Crippen molar-refractivity contribution in [2.75, 3.05) is 0 Å². The number of carbonyl (C=O) groups is 1. The second-order valence-corrected chi connectivity index (χ2v) is 4.32. The lowest BCUT2D eigenvalue weighted by molar-refractivity contribution is -0.148. The average molecular weight is 245 g/mol. The van der Waals surface area contributed by atoms with Crippen LogP contribution in [0.5, 0.6) is 0 Å². The van der Waals surface area contributed by atoms with Crippen LogP contribution in [-0.2, 0) is 9.53 Å². The molecule has 1 atom stereocenters. The van der Waals surface area contributed by atoms with Crippen molar-refractivity contribution in [3.05, 3.63) is 35.4 Å². The van der Waals surface area contributed by atoms with Crippen LogP contribution in [0.2, 0.25) is 0 Å². The van der Waals surface area contributed by atoms with Gasteiger partial charge in [-0.2, -0.15) is 5.26 Å². The van der Waals surface area contributed by atoms with Crippen LogP contribution >= 0.6 is 0 Å². The van der Waals surface area contributed by atoms with Gasteiger partial charge in [0.2, 0.25) is 0 Å². The third-order valence-electron chi connectivity index (χ3n) is 2.80. The molecule has 3 heteroatoms. The van der Waals surface area contributed by atoms with Crippen LogP contribution < -0.4 is 0 Å². The van der Waals surface area contributed by atoms with Gasteiger partial charge in [0, 0.05) is 6.42 Å². The molecule has 0 N–H and O–H groups in total. The summed E-state index contributed by atoms with van der Waals surface area (Å²) in [6, 6.07) is 9.17. The molecule has 0 aromatic heterocycles. The largest absolute Gasteiger partial charge is 0.458 e. The second kappa shape index (κ2) is 7.50. The monoisotopic (exact) mass is 245 g/mol. The van der Waals surface area contributed by atoms with Gasteiger partial charge in [0.15, 0.2) is 0 Å². The van der Waals surface area contributed by atoms with Gasteiger partial charge in [0.05, 0.1) is 11.6 Å². The van der Waals surface area contributed by atoms with Crippen LogP contribution in [0.25, 0.3) is 0 Å². The number of hydrogen-bond acceptors (Lipinski definition) is 3. The fourth-order valence-electron chi connectivity index (χ4n) is 1.67. The number of unbranched alkanes of at least 4 members (excludes halogenated alkanes) is 2. The molecular formula is C15H19NO2. The Morgan fingerprint density at radius 3 is 2.56 bits per heavy atom. The molecular weight excluding hydrogens is 226 g/mol. The van der Waals surface area contributed by atoms with Gasteiger partial charge in [-0.3, -0.25) is 4.79 Å². The first kappa shape index (κ1) is 14.2. The van der Waals surface area contributed by atoms with Crippen LogP contribution in [0.3, 0.4) is 0 Å². The van der Waals surface area contributed by atoms with Gasteiger partial charge in [-0.05, 0) is 31.0 Å². The first-order valence-electron chi connectivity index (χ1n) is 6.37. The number of nitriles is 1. The van der Waals surface area contributed by atoms with E-state index in [0.29, 0.717) is 12.0 Å². The third kappa shape index (κ3) is 4.58. The van der Waals surface area contributed by atoms with Gasteiger partial charge < -0.3 is 4.74 Å². The predicted molar refractivity (Wildman–Crippen MR) is 69.8 cm³/mol. The molecule has 0 fully saturated rings. The van der Waals surface area contributed by atoms with E-state index in [9.17, 15) is 4.79 Å². The molecule has 0 aliphatic heterocycles. The Kier molecular flexibility index (Phi) is 5.93. The third-order valence-corrected chi connectivity index (χ3v) is 2.80. The van der Waals surface area contributed by atoms with E-state index in [1.165, 1.54) is 0 Å². The minimum Gasteiger partial charge on any atom is -0.458 e. The number of esters is 1. The molecule has 0 radical (unpaired) electrons. The number of ether oxygens (including phenoxy) is 1.